The summed E-state index contributed by atoms with van der Waals surface area (Å²) in [6.07, 6.45) is 3.78. The Kier molecular flexibility index (Phi) is 7.42. The van der Waals surface area contributed by atoms with E-state index in [1.807, 2.05) is 4.90 Å². The monoisotopic (exact) mass is 454 g/mol. The van der Waals surface area contributed by atoms with E-state index in [4.69, 9.17) is 9.72 Å². The van der Waals surface area contributed by atoms with Crippen molar-refractivity contribution in [3.8, 4) is 0 Å². The van der Waals surface area contributed by atoms with Crippen LogP contribution >= 0.6 is 0 Å². The molecule has 8 heteroatoms. The Bertz CT molecular complexity index is 993. The normalized spacial score (nSPS) is 16.2. The van der Waals surface area contributed by atoms with Crippen molar-refractivity contribution in [3.05, 3.63) is 59.0 Å². The first kappa shape index (κ1) is 23.0. The Morgan fingerprint density at radius 1 is 1.30 bits per heavy atom. The minimum absolute atomic E-state index is 0.0206. The van der Waals surface area contributed by atoms with Crippen molar-refractivity contribution in [2.45, 2.75) is 51.7 Å². The number of rotatable bonds is 8. The van der Waals surface area contributed by atoms with E-state index in [0.717, 1.165) is 56.8 Å². The van der Waals surface area contributed by atoms with Gasteiger partial charge in [-0.1, -0.05) is 18.2 Å². The fourth-order valence-electron chi connectivity index (χ4n) is 4.28. The molecule has 0 saturated carbocycles. The molecule has 2 aliphatic heterocycles. The average Bonchev–Trinajstić information content (AvgIpc) is 2.76. The first-order chi connectivity index (χ1) is 16.0. The Morgan fingerprint density at radius 3 is 2.97 bits per heavy atom. The lowest BCUT2D eigenvalue weighted by Crippen LogP contribution is -2.51. The molecule has 2 N–H and O–H groups in total. The number of nitrogens with zero attached hydrogens (tertiary/aromatic N) is 2. The van der Waals surface area contributed by atoms with Crippen LogP contribution in [0.1, 0.15) is 43.0 Å². The minimum Gasteiger partial charge on any atom is -0.445 e. The zero-order chi connectivity index (χ0) is 23.2. The van der Waals surface area contributed by atoms with Crippen molar-refractivity contribution >= 4 is 17.8 Å². The number of pyridine rings is 1. The van der Waals surface area contributed by atoms with E-state index in [1.165, 1.54) is 17.7 Å². The summed E-state index contributed by atoms with van der Waals surface area (Å²) < 4.78 is 18.3. The number of amides is 2. The van der Waals surface area contributed by atoms with Crippen molar-refractivity contribution in [2.24, 2.45) is 5.92 Å². The summed E-state index contributed by atoms with van der Waals surface area (Å²) in [5.41, 5.74) is 2.97. The number of carbonyl (C=O) groups excluding carboxylic acids is 2. The number of alkyl carbamates (subject to hydrolysis) is 1. The van der Waals surface area contributed by atoms with Gasteiger partial charge < -0.3 is 20.3 Å². The molecule has 0 spiro atoms. The van der Waals surface area contributed by atoms with Gasteiger partial charge in [-0.05, 0) is 67.9 Å². The van der Waals surface area contributed by atoms with E-state index in [0.29, 0.717) is 11.5 Å². The van der Waals surface area contributed by atoms with Crippen molar-refractivity contribution in [1.29, 1.82) is 0 Å². The summed E-state index contributed by atoms with van der Waals surface area (Å²) in [5.74, 6) is 1.17. The standard InChI is InChI=1S/C25H31FN4O3/c1-17(28-25(32)33-16-18-4-2-6-21(26)13-18)12-23(31)30-14-19(15-30)7-9-22-10-8-20-5-3-11-27-24(20)29-22/h2,4,6,8,10,13,17,19H,3,5,7,9,11-12,14-16H2,1H3,(H,27,29)(H,28,32)/t17-/m1/s1. The van der Waals surface area contributed by atoms with Gasteiger partial charge in [-0.3, -0.25) is 4.79 Å². The maximum Gasteiger partial charge on any atom is 0.407 e. The molecule has 2 aliphatic rings. The van der Waals surface area contributed by atoms with E-state index in [-0.39, 0.29) is 30.8 Å². The lowest BCUT2D eigenvalue weighted by atomic mass is 9.93. The van der Waals surface area contributed by atoms with Crippen LogP contribution in [0.3, 0.4) is 0 Å². The molecule has 1 fully saturated rings. The van der Waals surface area contributed by atoms with E-state index >= 15 is 0 Å². The number of fused-ring (bicyclic) bond motifs is 1. The number of hydrogen-bond donors (Lipinski definition) is 2. The van der Waals surface area contributed by atoms with Crippen LogP contribution in [-0.2, 0) is 29.0 Å². The third kappa shape index (κ3) is 6.43. The molecule has 7 nitrogen and oxygen atoms in total. The number of aryl methyl sites for hydroxylation is 2. The second-order valence-corrected chi connectivity index (χ2v) is 9.00. The molecule has 4 rings (SSSR count). The summed E-state index contributed by atoms with van der Waals surface area (Å²) in [6.45, 7) is 4.24. The molecule has 0 aliphatic carbocycles. The highest BCUT2D eigenvalue weighted by Crippen LogP contribution is 2.24. The van der Waals surface area contributed by atoms with Gasteiger partial charge in [-0.2, -0.15) is 0 Å². The second-order valence-electron chi connectivity index (χ2n) is 9.00. The highest BCUT2D eigenvalue weighted by molar-refractivity contribution is 5.78. The van der Waals surface area contributed by atoms with Crippen LogP contribution in [-0.4, -0.2) is 47.6 Å². The van der Waals surface area contributed by atoms with Gasteiger partial charge in [0.15, 0.2) is 0 Å². The van der Waals surface area contributed by atoms with Crippen LogP contribution in [0.4, 0.5) is 15.0 Å². The number of hydrogen-bond acceptors (Lipinski definition) is 5. The van der Waals surface area contributed by atoms with Crippen molar-refractivity contribution in [2.75, 3.05) is 25.0 Å². The van der Waals surface area contributed by atoms with Crippen LogP contribution in [0.25, 0.3) is 0 Å². The smallest absolute Gasteiger partial charge is 0.407 e. The van der Waals surface area contributed by atoms with Crippen LogP contribution in [0, 0.1) is 11.7 Å². The Balaban J connectivity index is 1.12. The molecule has 0 bridgehead atoms. The van der Waals surface area contributed by atoms with E-state index in [2.05, 4.69) is 22.8 Å². The Morgan fingerprint density at radius 2 is 2.15 bits per heavy atom. The minimum atomic E-state index is -0.618. The van der Waals surface area contributed by atoms with E-state index in [1.54, 1.807) is 19.1 Å². The summed E-state index contributed by atoms with van der Waals surface area (Å²) in [4.78, 5) is 31.0. The number of likely N-dealkylation sites (tertiary alicyclic amines) is 1. The summed E-state index contributed by atoms with van der Waals surface area (Å²) in [5, 5.41) is 6.04. The summed E-state index contributed by atoms with van der Waals surface area (Å²) in [6, 6.07) is 9.85. The predicted molar refractivity (Wildman–Crippen MR) is 123 cm³/mol. The quantitative estimate of drug-likeness (QED) is 0.636. The van der Waals surface area contributed by atoms with Gasteiger partial charge >= 0.3 is 6.09 Å². The number of halogens is 1. The number of ether oxygens (including phenoxy) is 1. The molecule has 176 valence electrons. The number of carbonyl (C=O) groups is 2. The summed E-state index contributed by atoms with van der Waals surface area (Å²) in [7, 11) is 0. The molecule has 0 unspecified atom stereocenters. The SMILES string of the molecule is C[C@H](CC(=O)N1CC(CCc2ccc3c(n2)NCCC3)C1)NC(=O)OCc1cccc(F)c1. The Labute approximate surface area is 193 Å². The van der Waals surface area contributed by atoms with Gasteiger partial charge in [-0.25, -0.2) is 14.2 Å². The zero-order valence-electron chi connectivity index (χ0n) is 19.0. The molecule has 33 heavy (non-hydrogen) atoms. The van der Waals surface area contributed by atoms with Gasteiger partial charge in [0.1, 0.15) is 18.2 Å². The van der Waals surface area contributed by atoms with Gasteiger partial charge in [0.2, 0.25) is 5.91 Å². The number of nitrogens with one attached hydrogen (secondary N) is 2. The largest absolute Gasteiger partial charge is 0.445 e. The average molecular weight is 455 g/mol. The maximum absolute atomic E-state index is 13.2. The van der Waals surface area contributed by atoms with Gasteiger partial charge in [0, 0.05) is 37.8 Å². The number of aromatic nitrogens is 1. The number of benzene rings is 1. The zero-order valence-corrected chi connectivity index (χ0v) is 19.0. The third-order valence-corrected chi connectivity index (χ3v) is 6.17. The molecule has 0 radical (unpaired) electrons. The first-order valence-electron chi connectivity index (χ1n) is 11.6. The molecule has 2 aromatic rings. The van der Waals surface area contributed by atoms with Crippen LogP contribution in [0.15, 0.2) is 36.4 Å². The molecule has 1 aromatic heterocycles. The van der Waals surface area contributed by atoms with Gasteiger partial charge in [0.05, 0.1) is 0 Å². The van der Waals surface area contributed by atoms with E-state index in [9.17, 15) is 14.0 Å². The fourth-order valence-corrected chi connectivity index (χ4v) is 4.28. The second kappa shape index (κ2) is 10.6. The fraction of sp³-hybridized carbons (Fsp3) is 0.480. The first-order valence-corrected chi connectivity index (χ1v) is 11.6. The third-order valence-electron chi connectivity index (χ3n) is 6.17. The van der Waals surface area contributed by atoms with Crippen LogP contribution in [0.5, 0.6) is 0 Å². The Hall–Kier alpha value is -3.16. The molecule has 1 aromatic carbocycles. The van der Waals surface area contributed by atoms with E-state index < -0.39 is 6.09 Å². The summed E-state index contributed by atoms with van der Waals surface area (Å²) >= 11 is 0. The molecule has 1 atom stereocenters. The molecular weight excluding hydrogens is 423 g/mol. The lowest BCUT2D eigenvalue weighted by molar-refractivity contribution is -0.138. The molecule has 3 heterocycles. The topological polar surface area (TPSA) is 83.6 Å². The maximum atomic E-state index is 13.2. The number of anilines is 1. The van der Waals surface area contributed by atoms with Crippen molar-refractivity contribution < 1.29 is 18.7 Å². The highest BCUT2D eigenvalue weighted by Gasteiger charge is 2.31. The van der Waals surface area contributed by atoms with Gasteiger partial charge in [0.25, 0.3) is 0 Å². The highest BCUT2D eigenvalue weighted by atomic mass is 19.1. The molecular formula is C25H31FN4O3. The van der Waals surface area contributed by atoms with Crippen molar-refractivity contribution in [3.63, 3.8) is 0 Å². The predicted octanol–water partition coefficient (Wildman–Crippen LogP) is 3.67. The molecule has 1 saturated heterocycles. The lowest BCUT2D eigenvalue weighted by Gasteiger charge is -2.40. The molecule has 2 amide bonds. The van der Waals surface area contributed by atoms with Crippen LogP contribution in [0.2, 0.25) is 0 Å². The van der Waals surface area contributed by atoms with Crippen LogP contribution < -0.4 is 10.6 Å². The van der Waals surface area contributed by atoms with Crippen molar-refractivity contribution in [1.82, 2.24) is 15.2 Å². The van der Waals surface area contributed by atoms with Gasteiger partial charge in [-0.15, -0.1) is 0 Å².